The van der Waals surface area contributed by atoms with Gasteiger partial charge in [0.25, 0.3) is 5.91 Å². The molecule has 0 saturated carbocycles. The minimum Gasteiger partial charge on any atom is -0.452 e. The van der Waals surface area contributed by atoms with Gasteiger partial charge in [0.05, 0.1) is 5.69 Å². The van der Waals surface area contributed by atoms with Crippen molar-refractivity contribution in [2.24, 2.45) is 0 Å². The quantitative estimate of drug-likeness (QED) is 0.450. The van der Waals surface area contributed by atoms with Crippen LogP contribution in [0.5, 0.6) is 0 Å². The summed E-state index contributed by atoms with van der Waals surface area (Å²) in [6, 6.07) is 11.4. The Kier molecular flexibility index (Phi) is 6.95. The Balaban J connectivity index is 1.90. The van der Waals surface area contributed by atoms with Crippen molar-refractivity contribution in [3.8, 4) is 0 Å². The Labute approximate surface area is 160 Å². The first-order valence-electron chi connectivity index (χ1n) is 7.56. The third-order valence-electron chi connectivity index (χ3n) is 3.29. The Bertz CT molecular complexity index is 878. The van der Waals surface area contributed by atoms with Crippen molar-refractivity contribution < 1.29 is 19.1 Å². The van der Waals surface area contributed by atoms with Crippen LogP contribution in [0.2, 0.25) is 10.0 Å². The Morgan fingerprint density at radius 2 is 1.85 bits per heavy atom. The number of amides is 1. The van der Waals surface area contributed by atoms with E-state index in [-0.39, 0.29) is 5.78 Å². The van der Waals surface area contributed by atoms with Crippen LogP contribution in [-0.4, -0.2) is 24.3 Å². The number of carbonyl (C=O) groups is 3. The first-order chi connectivity index (χ1) is 12.4. The van der Waals surface area contributed by atoms with E-state index < -0.39 is 18.5 Å². The number of rotatable bonds is 6. The number of halogens is 2. The van der Waals surface area contributed by atoms with Crippen LogP contribution >= 0.6 is 23.2 Å². The number of para-hydroxylation sites is 1. The van der Waals surface area contributed by atoms with Crippen molar-refractivity contribution in [1.82, 2.24) is 0 Å². The maximum Gasteiger partial charge on any atom is 0.331 e. The molecular weight excluding hydrogens is 377 g/mol. The van der Waals surface area contributed by atoms with Crippen molar-refractivity contribution in [3.05, 3.63) is 69.7 Å². The monoisotopic (exact) mass is 391 g/mol. The standard InChI is InChI=1S/C19H15Cl2NO4/c1-12(23)15-4-2-3-5-17(15)22-18(24)11-26-19(25)9-7-13-6-8-14(20)10-16(13)21/h2-10H,11H2,1H3,(H,22,24)/b9-7+. The number of benzene rings is 2. The maximum absolute atomic E-state index is 11.9. The summed E-state index contributed by atoms with van der Waals surface area (Å²) in [5.74, 6) is -1.43. The van der Waals surface area contributed by atoms with E-state index in [9.17, 15) is 14.4 Å². The highest BCUT2D eigenvalue weighted by Crippen LogP contribution is 2.22. The predicted octanol–water partition coefficient (Wildman–Crippen LogP) is 4.39. The number of nitrogens with one attached hydrogen (secondary N) is 1. The molecule has 0 aliphatic heterocycles. The zero-order chi connectivity index (χ0) is 19.1. The summed E-state index contributed by atoms with van der Waals surface area (Å²) in [7, 11) is 0. The third-order valence-corrected chi connectivity index (χ3v) is 3.85. The number of hydrogen-bond acceptors (Lipinski definition) is 4. The molecule has 0 bridgehead atoms. The molecular formula is C19H15Cl2NO4. The Morgan fingerprint density at radius 3 is 2.54 bits per heavy atom. The van der Waals surface area contributed by atoms with Crippen LogP contribution in [0.4, 0.5) is 5.69 Å². The maximum atomic E-state index is 11.9. The number of ether oxygens (including phenoxy) is 1. The first-order valence-corrected chi connectivity index (χ1v) is 8.32. The molecule has 7 heteroatoms. The number of ketones is 1. The number of esters is 1. The van der Waals surface area contributed by atoms with Gasteiger partial charge in [0.15, 0.2) is 12.4 Å². The molecule has 0 unspecified atom stereocenters. The summed E-state index contributed by atoms with van der Waals surface area (Å²) >= 11 is 11.8. The summed E-state index contributed by atoms with van der Waals surface area (Å²) in [4.78, 5) is 35.1. The van der Waals surface area contributed by atoms with Crippen molar-refractivity contribution in [2.75, 3.05) is 11.9 Å². The molecule has 2 aromatic carbocycles. The van der Waals surface area contributed by atoms with Crippen molar-refractivity contribution in [1.29, 1.82) is 0 Å². The molecule has 26 heavy (non-hydrogen) atoms. The smallest absolute Gasteiger partial charge is 0.331 e. The van der Waals surface area contributed by atoms with E-state index in [1.54, 1.807) is 42.5 Å². The van der Waals surface area contributed by atoms with E-state index in [1.807, 2.05) is 0 Å². The van der Waals surface area contributed by atoms with E-state index in [0.29, 0.717) is 26.9 Å². The zero-order valence-electron chi connectivity index (χ0n) is 13.8. The van der Waals surface area contributed by atoms with E-state index in [0.717, 1.165) is 6.08 Å². The van der Waals surface area contributed by atoms with E-state index in [1.165, 1.54) is 13.0 Å². The van der Waals surface area contributed by atoms with Gasteiger partial charge in [-0.15, -0.1) is 0 Å². The second-order valence-electron chi connectivity index (χ2n) is 5.26. The first kappa shape index (κ1) is 19.7. The molecule has 0 aromatic heterocycles. The van der Waals surface area contributed by atoms with Gasteiger partial charge in [-0.1, -0.05) is 41.4 Å². The van der Waals surface area contributed by atoms with Crippen LogP contribution in [0.3, 0.4) is 0 Å². The Morgan fingerprint density at radius 1 is 1.12 bits per heavy atom. The van der Waals surface area contributed by atoms with Gasteiger partial charge in [-0.2, -0.15) is 0 Å². The molecule has 0 radical (unpaired) electrons. The van der Waals surface area contributed by atoms with Crippen LogP contribution in [0, 0.1) is 0 Å². The predicted molar refractivity (Wildman–Crippen MR) is 102 cm³/mol. The van der Waals surface area contributed by atoms with Gasteiger partial charge in [-0.3, -0.25) is 9.59 Å². The molecule has 2 aromatic rings. The molecule has 1 N–H and O–H groups in total. The van der Waals surface area contributed by atoms with Crippen molar-refractivity contribution >= 4 is 52.6 Å². The fourth-order valence-electron chi connectivity index (χ4n) is 2.06. The lowest BCUT2D eigenvalue weighted by atomic mass is 10.1. The van der Waals surface area contributed by atoms with Crippen LogP contribution in [0.1, 0.15) is 22.8 Å². The normalized spacial score (nSPS) is 10.6. The molecule has 134 valence electrons. The van der Waals surface area contributed by atoms with Crippen molar-refractivity contribution in [2.45, 2.75) is 6.92 Å². The molecule has 1 amide bonds. The molecule has 0 spiro atoms. The van der Waals surface area contributed by atoms with Crippen LogP contribution in [-0.2, 0) is 14.3 Å². The molecule has 5 nitrogen and oxygen atoms in total. The summed E-state index contributed by atoms with van der Waals surface area (Å²) in [6.45, 7) is 0.918. The molecule has 2 rings (SSSR count). The number of hydrogen-bond donors (Lipinski definition) is 1. The van der Waals surface area contributed by atoms with Gasteiger partial charge in [0, 0.05) is 21.7 Å². The highest BCUT2D eigenvalue weighted by Gasteiger charge is 2.11. The second-order valence-corrected chi connectivity index (χ2v) is 6.10. The molecule has 0 saturated heterocycles. The summed E-state index contributed by atoms with van der Waals surface area (Å²) in [5.41, 5.74) is 1.34. The lowest BCUT2D eigenvalue weighted by Crippen LogP contribution is -2.21. The lowest BCUT2D eigenvalue weighted by Gasteiger charge is -2.08. The third kappa shape index (κ3) is 5.72. The highest BCUT2D eigenvalue weighted by molar-refractivity contribution is 6.35. The number of Topliss-reactive ketones (excluding diaryl/α,β-unsaturated/α-hetero) is 1. The fourth-order valence-corrected chi connectivity index (χ4v) is 2.54. The van der Waals surface area contributed by atoms with Gasteiger partial charge in [0.1, 0.15) is 0 Å². The van der Waals surface area contributed by atoms with E-state index in [4.69, 9.17) is 27.9 Å². The average molecular weight is 392 g/mol. The van der Waals surface area contributed by atoms with E-state index in [2.05, 4.69) is 5.32 Å². The average Bonchev–Trinajstić information content (AvgIpc) is 2.59. The number of carbonyl (C=O) groups excluding carboxylic acids is 3. The molecule has 0 atom stereocenters. The second kappa shape index (κ2) is 9.17. The van der Waals surface area contributed by atoms with E-state index >= 15 is 0 Å². The summed E-state index contributed by atoms with van der Waals surface area (Å²) in [5, 5.41) is 3.41. The molecule has 0 fully saturated rings. The van der Waals surface area contributed by atoms with Crippen LogP contribution < -0.4 is 5.32 Å². The fraction of sp³-hybridized carbons (Fsp3) is 0.105. The van der Waals surface area contributed by atoms with Gasteiger partial charge < -0.3 is 10.1 Å². The largest absolute Gasteiger partial charge is 0.452 e. The summed E-state index contributed by atoms with van der Waals surface area (Å²) in [6.07, 6.45) is 2.62. The Hall–Kier alpha value is -2.63. The van der Waals surface area contributed by atoms with Gasteiger partial charge in [-0.25, -0.2) is 4.79 Å². The van der Waals surface area contributed by atoms with Gasteiger partial charge in [-0.05, 0) is 42.8 Å². The van der Waals surface area contributed by atoms with Gasteiger partial charge in [0.2, 0.25) is 0 Å². The van der Waals surface area contributed by atoms with Crippen LogP contribution in [0.15, 0.2) is 48.5 Å². The highest BCUT2D eigenvalue weighted by atomic mass is 35.5. The van der Waals surface area contributed by atoms with Crippen LogP contribution in [0.25, 0.3) is 6.08 Å². The SMILES string of the molecule is CC(=O)c1ccccc1NC(=O)COC(=O)/C=C/c1ccc(Cl)cc1Cl. The molecule has 0 aliphatic rings. The molecule has 0 heterocycles. The summed E-state index contributed by atoms with van der Waals surface area (Å²) < 4.78 is 4.87. The topological polar surface area (TPSA) is 72.5 Å². The zero-order valence-corrected chi connectivity index (χ0v) is 15.3. The minimum absolute atomic E-state index is 0.180. The number of anilines is 1. The minimum atomic E-state index is -0.703. The van der Waals surface area contributed by atoms with Gasteiger partial charge >= 0.3 is 5.97 Å². The van der Waals surface area contributed by atoms with Crippen molar-refractivity contribution in [3.63, 3.8) is 0 Å². The molecule has 0 aliphatic carbocycles. The lowest BCUT2D eigenvalue weighted by molar-refractivity contribution is -0.142.